The van der Waals surface area contributed by atoms with Crippen LogP contribution in [-0.2, 0) is 5.41 Å². The molecule has 164 valence electrons. The fourth-order valence-electron chi connectivity index (χ4n) is 3.35. The van der Waals surface area contributed by atoms with Gasteiger partial charge < -0.3 is 21.3 Å². The van der Waals surface area contributed by atoms with Crippen LogP contribution in [0.2, 0.25) is 0 Å². The summed E-state index contributed by atoms with van der Waals surface area (Å²) in [6, 6.07) is 13.0. The van der Waals surface area contributed by atoms with Gasteiger partial charge in [0.1, 0.15) is 0 Å². The van der Waals surface area contributed by atoms with E-state index in [1.807, 2.05) is 44.2 Å². The molecule has 0 saturated carbocycles. The van der Waals surface area contributed by atoms with E-state index in [-0.39, 0.29) is 23.3 Å². The zero-order chi connectivity index (χ0) is 22.6. The van der Waals surface area contributed by atoms with E-state index < -0.39 is 0 Å². The van der Waals surface area contributed by atoms with Crippen molar-refractivity contribution in [1.82, 2.24) is 16.0 Å². The zero-order valence-corrected chi connectivity index (χ0v) is 18.8. The van der Waals surface area contributed by atoms with E-state index in [2.05, 4.69) is 47.0 Å². The van der Waals surface area contributed by atoms with Gasteiger partial charge in [-0.05, 0) is 55.2 Å². The molecule has 1 heterocycles. The van der Waals surface area contributed by atoms with Gasteiger partial charge in [-0.25, -0.2) is 0 Å². The van der Waals surface area contributed by atoms with Gasteiger partial charge in [0, 0.05) is 30.4 Å². The van der Waals surface area contributed by atoms with Crippen LogP contribution in [0.15, 0.2) is 47.5 Å². The first kappa shape index (κ1) is 22.3. The van der Waals surface area contributed by atoms with Crippen LogP contribution in [0, 0.1) is 0 Å². The number of amides is 2. The number of rotatable bonds is 5. The molecule has 1 aliphatic heterocycles. The number of para-hydroxylation sites is 1. The Hall–Kier alpha value is -3.35. The molecule has 1 aliphatic rings. The Morgan fingerprint density at radius 1 is 1.00 bits per heavy atom. The lowest BCUT2D eigenvalue weighted by Crippen LogP contribution is -2.30. The summed E-state index contributed by atoms with van der Waals surface area (Å²) in [5, 5.41) is 12.4. The number of nitrogens with one attached hydrogen (secondary N) is 4. The van der Waals surface area contributed by atoms with Crippen LogP contribution >= 0.6 is 0 Å². The molecule has 0 atom stereocenters. The van der Waals surface area contributed by atoms with Crippen LogP contribution in [0.4, 0.5) is 11.4 Å². The summed E-state index contributed by atoms with van der Waals surface area (Å²) < 4.78 is 0. The van der Waals surface area contributed by atoms with E-state index in [4.69, 9.17) is 0 Å². The molecule has 1 fully saturated rings. The summed E-state index contributed by atoms with van der Waals surface area (Å²) in [5.74, 6) is 0.0786. The van der Waals surface area contributed by atoms with Gasteiger partial charge in [-0.1, -0.05) is 32.9 Å². The van der Waals surface area contributed by atoms with E-state index in [9.17, 15) is 9.59 Å². The molecule has 7 nitrogen and oxygen atoms in total. The predicted octanol–water partition coefficient (Wildman–Crippen LogP) is 3.55. The second kappa shape index (κ2) is 9.20. The van der Waals surface area contributed by atoms with E-state index in [1.54, 1.807) is 12.1 Å². The van der Waals surface area contributed by atoms with Crippen molar-refractivity contribution in [1.29, 1.82) is 0 Å². The number of aliphatic imine (C=N–C) groups is 1. The average Bonchev–Trinajstić information content (AvgIpc) is 3.20. The number of anilines is 2. The van der Waals surface area contributed by atoms with Crippen molar-refractivity contribution < 1.29 is 9.59 Å². The third kappa shape index (κ3) is 5.63. The van der Waals surface area contributed by atoms with Gasteiger partial charge in [-0.2, -0.15) is 4.99 Å². The van der Waals surface area contributed by atoms with E-state index in [1.165, 1.54) is 0 Å². The van der Waals surface area contributed by atoms with Crippen molar-refractivity contribution in [3.05, 3.63) is 59.2 Å². The molecule has 7 heteroatoms. The molecule has 2 amide bonds. The van der Waals surface area contributed by atoms with Crippen molar-refractivity contribution in [2.45, 2.75) is 46.1 Å². The number of carbonyl (C=O) groups is 2. The Bertz CT molecular complexity index is 997. The molecule has 2 aromatic carbocycles. The summed E-state index contributed by atoms with van der Waals surface area (Å²) in [4.78, 5) is 29.4. The van der Waals surface area contributed by atoms with Crippen LogP contribution in [0.1, 0.15) is 60.9 Å². The Balaban J connectivity index is 1.94. The van der Waals surface area contributed by atoms with E-state index in [0.29, 0.717) is 22.8 Å². The zero-order valence-electron chi connectivity index (χ0n) is 18.8. The number of hydrogen-bond donors (Lipinski definition) is 4. The molecule has 2 aromatic rings. The first-order chi connectivity index (χ1) is 14.6. The normalized spacial score (nSPS) is 13.4. The maximum absolute atomic E-state index is 12.7. The number of nitrogens with zero attached hydrogens (tertiary/aromatic N) is 1. The second-order valence-corrected chi connectivity index (χ2v) is 8.93. The third-order valence-corrected chi connectivity index (χ3v) is 4.86. The topological polar surface area (TPSA) is 94.6 Å². The van der Waals surface area contributed by atoms with Crippen molar-refractivity contribution in [2.24, 2.45) is 4.99 Å². The van der Waals surface area contributed by atoms with Crippen LogP contribution in [0.3, 0.4) is 0 Å². The van der Waals surface area contributed by atoms with Gasteiger partial charge >= 0.3 is 0 Å². The van der Waals surface area contributed by atoms with Crippen molar-refractivity contribution >= 4 is 29.1 Å². The SMILES string of the molecule is CC(C)NC(=O)c1ccccc1Nc1ccc(C(=O)N=C2NCCN2)cc1C(C)(C)C. The molecule has 3 rings (SSSR count). The lowest BCUT2D eigenvalue weighted by molar-refractivity contribution is 0.0943. The molecule has 0 radical (unpaired) electrons. The maximum atomic E-state index is 12.7. The average molecular weight is 422 g/mol. The summed E-state index contributed by atoms with van der Waals surface area (Å²) in [7, 11) is 0. The number of carbonyl (C=O) groups excluding carboxylic acids is 2. The van der Waals surface area contributed by atoms with Gasteiger partial charge in [-0.15, -0.1) is 0 Å². The molecular formula is C24H31N5O2. The molecule has 0 aliphatic carbocycles. The summed E-state index contributed by atoms with van der Waals surface area (Å²) >= 11 is 0. The highest BCUT2D eigenvalue weighted by atomic mass is 16.2. The highest BCUT2D eigenvalue weighted by Crippen LogP contribution is 2.33. The molecular weight excluding hydrogens is 390 g/mol. The largest absolute Gasteiger partial charge is 0.355 e. The molecule has 0 unspecified atom stereocenters. The Morgan fingerprint density at radius 3 is 2.32 bits per heavy atom. The van der Waals surface area contributed by atoms with E-state index in [0.717, 1.165) is 24.3 Å². The van der Waals surface area contributed by atoms with Crippen LogP contribution in [-0.4, -0.2) is 36.9 Å². The number of guanidine groups is 1. The minimum absolute atomic E-state index is 0.0430. The summed E-state index contributed by atoms with van der Waals surface area (Å²) in [6.45, 7) is 11.6. The van der Waals surface area contributed by atoms with Gasteiger partial charge in [0.15, 0.2) is 5.96 Å². The molecule has 1 saturated heterocycles. The molecule has 0 aromatic heterocycles. The predicted molar refractivity (Wildman–Crippen MR) is 125 cm³/mol. The van der Waals surface area contributed by atoms with Crippen LogP contribution < -0.4 is 21.3 Å². The fourth-order valence-corrected chi connectivity index (χ4v) is 3.35. The van der Waals surface area contributed by atoms with Gasteiger partial charge in [0.05, 0.1) is 11.3 Å². The highest BCUT2D eigenvalue weighted by molar-refractivity contribution is 6.04. The van der Waals surface area contributed by atoms with Gasteiger partial charge in [0.2, 0.25) is 0 Å². The van der Waals surface area contributed by atoms with Crippen molar-refractivity contribution in [2.75, 3.05) is 18.4 Å². The minimum atomic E-state index is -0.300. The van der Waals surface area contributed by atoms with E-state index >= 15 is 0 Å². The Labute approximate surface area is 183 Å². The van der Waals surface area contributed by atoms with Gasteiger partial charge in [0.25, 0.3) is 11.8 Å². The Morgan fingerprint density at radius 2 is 1.68 bits per heavy atom. The first-order valence-corrected chi connectivity index (χ1v) is 10.6. The third-order valence-electron chi connectivity index (χ3n) is 4.86. The molecule has 4 N–H and O–H groups in total. The number of hydrogen-bond acceptors (Lipinski definition) is 3. The lowest BCUT2D eigenvalue weighted by Gasteiger charge is -2.25. The molecule has 31 heavy (non-hydrogen) atoms. The minimum Gasteiger partial charge on any atom is -0.355 e. The Kier molecular flexibility index (Phi) is 6.63. The summed E-state index contributed by atoms with van der Waals surface area (Å²) in [5.41, 5.74) is 3.38. The monoisotopic (exact) mass is 421 g/mol. The van der Waals surface area contributed by atoms with Gasteiger partial charge in [-0.3, -0.25) is 9.59 Å². The lowest BCUT2D eigenvalue weighted by atomic mass is 9.84. The number of benzene rings is 2. The van der Waals surface area contributed by atoms with Crippen molar-refractivity contribution in [3.8, 4) is 0 Å². The second-order valence-electron chi connectivity index (χ2n) is 8.93. The van der Waals surface area contributed by atoms with Crippen LogP contribution in [0.25, 0.3) is 0 Å². The first-order valence-electron chi connectivity index (χ1n) is 10.6. The maximum Gasteiger partial charge on any atom is 0.280 e. The summed E-state index contributed by atoms with van der Waals surface area (Å²) in [6.07, 6.45) is 0. The quantitative estimate of drug-likeness (QED) is 0.592. The molecule has 0 bridgehead atoms. The fraction of sp³-hybridized carbons (Fsp3) is 0.375. The van der Waals surface area contributed by atoms with Crippen LogP contribution in [0.5, 0.6) is 0 Å². The molecule has 0 spiro atoms. The van der Waals surface area contributed by atoms with Crippen molar-refractivity contribution in [3.63, 3.8) is 0 Å². The standard InChI is InChI=1S/C24H31N5O2/c1-15(2)27-22(31)17-8-6-7-9-19(17)28-20-11-10-16(14-18(20)24(3,4)5)21(30)29-23-25-12-13-26-23/h6-11,14-15,28H,12-13H2,1-5H3,(H,27,31)(H2,25,26,29,30). The highest BCUT2D eigenvalue weighted by Gasteiger charge is 2.22. The smallest absolute Gasteiger partial charge is 0.280 e.